The largest absolute Gasteiger partial charge is 0.0804 e. The van der Waals surface area contributed by atoms with Gasteiger partial charge in [-0.3, -0.25) is 0 Å². The van der Waals surface area contributed by atoms with Crippen LogP contribution in [0.15, 0.2) is 96.1 Å². The van der Waals surface area contributed by atoms with Crippen molar-refractivity contribution in [2.45, 2.75) is 51.4 Å². The molecule has 0 bridgehead atoms. The lowest BCUT2D eigenvalue weighted by Crippen LogP contribution is -2.24. The minimum atomic E-state index is -0.00293. The highest BCUT2D eigenvalue weighted by molar-refractivity contribution is 6.08. The third-order valence-corrected chi connectivity index (χ3v) is 7.20. The maximum Gasteiger partial charge on any atom is 0.0154 e. The van der Waals surface area contributed by atoms with Gasteiger partial charge >= 0.3 is 0 Å². The van der Waals surface area contributed by atoms with Crippen molar-refractivity contribution in [2.75, 3.05) is 0 Å². The Kier molecular flexibility index (Phi) is 4.36. The van der Waals surface area contributed by atoms with E-state index in [0.717, 1.165) is 12.8 Å². The van der Waals surface area contributed by atoms with Gasteiger partial charge in [0.05, 0.1) is 0 Å². The summed E-state index contributed by atoms with van der Waals surface area (Å²) in [6.45, 7) is 9.19. The zero-order valence-electron chi connectivity index (χ0n) is 18.5. The van der Waals surface area contributed by atoms with Gasteiger partial charge in [-0.05, 0) is 59.4 Å². The van der Waals surface area contributed by atoms with Crippen LogP contribution in [0, 0.1) is 0 Å². The van der Waals surface area contributed by atoms with E-state index in [-0.39, 0.29) is 10.8 Å². The zero-order chi connectivity index (χ0) is 20.9. The Morgan fingerprint density at radius 2 is 0.900 bits per heavy atom. The Bertz CT molecular complexity index is 1120. The molecule has 0 saturated heterocycles. The second-order valence-corrected chi connectivity index (χ2v) is 9.65. The lowest BCUT2D eigenvalue weighted by Gasteiger charge is -2.36. The molecule has 2 unspecified atom stereocenters. The van der Waals surface area contributed by atoms with E-state index in [2.05, 4.69) is 113 Å². The molecular weight excluding hydrogens is 360 g/mol. The molecule has 5 rings (SSSR count). The summed E-state index contributed by atoms with van der Waals surface area (Å²) >= 11 is 0. The Hall–Kier alpha value is -2.86. The number of fused-ring (bicyclic) bond motifs is 2. The smallest absolute Gasteiger partial charge is 0.0154 e. The maximum absolute atomic E-state index is 2.42. The Morgan fingerprint density at radius 3 is 1.17 bits per heavy atom. The Morgan fingerprint density at radius 1 is 0.567 bits per heavy atom. The van der Waals surface area contributed by atoms with E-state index in [1.807, 2.05) is 0 Å². The molecule has 0 spiro atoms. The predicted octanol–water partition coefficient (Wildman–Crippen LogP) is 8.32. The van der Waals surface area contributed by atoms with E-state index in [1.165, 1.54) is 43.8 Å². The fourth-order valence-corrected chi connectivity index (χ4v) is 5.38. The SMILES string of the molecule is CC1=CCC(C)(c2c3ccccc3c(C3(C)C=CC(C)=CC3)c3ccccc23)C=C1. The maximum atomic E-state index is 2.42. The van der Waals surface area contributed by atoms with Gasteiger partial charge in [-0.25, -0.2) is 0 Å². The monoisotopic (exact) mass is 390 g/mol. The van der Waals surface area contributed by atoms with Crippen LogP contribution >= 0.6 is 0 Å². The van der Waals surface area contributed by atoms with Gasteiger partial charge in [-0.15, -0.1) is 0 Å². The van der Waals surface area contributed by atoms with Gasteiger partial charge in [0.1, 0.15) is 0 Å². The number of hydrogen-bond donors (Lipinski definition) is 0. The third kappa shape index (κ3) is 2.89. The topological polar surface area (TPSA) is 0 Å². The van der Waals surface area contributed by atoms with E-state index in [1.54, 1.807) is 0 Å². The number of benzene rings is 3. The van der Waals surface area contributed by atoms with Crippen molar-refractivity contribution in [3.8, 4) is 0 Å². The second kappa shape index (κ2) is 6.84. The van der Waals surface area contributed by atoms with Crippen molar-refractivity contribution >= 4 is 21.5 Å². The van der Waals surface area contributed by atoms with Gasteiger partial charge in [-0.2, -0.15) is 0 Å². The molecule has 0 nitrogen and oxygen atoms in total. The van der Waals surface area contributed by atoms with Crippen LogP contribution in [-0.4, -0.2) is 0 Å². The van der Waals surface area contributed by atoms with Crippen molar-refractivity contribution in [2.24, 2.45) is 0 Å². The average Bonchev–Trinajstić information content (AvgIpc) is 2.76. The lowest BCUT2D eigenvalue weighted by molar-refractivity contribution is 0.599. The van der Waals surface area contributed by atoms with Crippen LogP contribution in [0.3, 0.4) is 0 Å². The van der Waals surface area contributed by atoms with Gasteiger partial charge in [0.15, 0.2) is 0 Å². The third-order valence-electron chi connectivity index (χ3n) is 7.20. The lowest BCUT2D eigenvalue weighted by atomic mass is 9.68. The molecule has 2 aliphatic carbocycles. The van der Waals surface area contributed by atoms with Crippen LogP contribution in [0.5, 0.6) is 0 Å². The molecule has 3 aromatic carbocycles. The molecule has 0 aromatic heterocycles. The van der Waals surface area contributed by atoms with Crippen LogP contribution < -0.4 is 0 Å². The van der Waals surface area contributed by atoms with Gasteiger partial charge < -0.3 is 0 Å². The van der Waals surface area contributed by atoms with Crippen LogP contribution in [0.2, 0.25) is 0 Å². The minimum absolute atomic E-state index is 0.00293. The first-order chi connectivity index (χ1) is 14.4. The molecule has 0 fully saturated rings. The van der Waals surface area contributed by atoms with E-state index >= 15 is 0 Å². The summed E-state index contributed by atoms with van der Waals surface area (Å²) < 4.78 is 0. The number of hydrogen-bond acceptors (Lipinski definition) is 0. The van der Waals surface area contributed by atoms with Gasteiger partial charge in [-0.1, -0.05) is 110 Å². The molecule has 0 aliphatic heterocycles. The summed E-state index contributed by atoms with van der Waals surface area (Å²) in [5.74, 6) is 0. The minimum Gasteiger partial charge on any atom is -0.0804 e. The highest BCUT2D eigenvalue weighted by Gasteiger charge is 2.34. The molecule has 150 valence electrons. The zero-order valence-corrected chi connectivity index (χ0v) is 18.5. The van der Waals surface area contributed by atoms with Gasteiger partial charge in [0.2, 0.25) is 0 Å². The summed E-state index contributed by atoms with van der Waals surface area (Å²) in [5, 5.41) is 5.58. The Balaban J connectivity index is 1.89. The van der Waals surface area contributed by atoms with Crippen LogP contribution in [0.1, 0.15) is 51.7 Å². The quantitative estimate of drug-likeness (QED) is 0.386. The summed E-state index contributed by atoms with van der Waals surface area (Å²) in [4.78, 5) is 0. The molecule has 2 aliphatic rings. The molecule has 2 atom stereocenters. The summed E-state index contributed by atoms with van der Waals surface area (Å²) in [6.07, 6.45) is 16.3. The first-order valence-electron chi connectivity index (χ1n) is 11.1. The first-order valence-corrected chi connectivity index (χ1v) is 11.1. The summed E-state index contributed by atoms with van der Waals surface area (Å²) in [7, 11) is 0. The fourth-order valence-electron chi connectivity index (χ4n) is 5.38. The van der Waals surface area contributed by atoms with E-state index in [4.69, 9.17) is 0 Å². The van der Waals surface area contributed by atoms with Crippen LogP contribution in [0.4, 0.5) is 0 Å². The Labute approximate surface area is 180 Å². The van der Waals surface area contributed by atoms with Crippen molar-refractivity contribution in [1.29, 1.82) is 0 Å². The molecule has 0 radical (unpaired) electrons. The first kappa shape index (κ1) is 19.1. The summed E-state index contributed by atoms with van der Waals surface area (Å²) in [6, 6.07) is 18.1. The molecule has 30 heavy (non-hydrogen) atoms. The molecule has 0 amide bonds. The highest BCUT2D eigenvalue weighted by atomic mass is 14.4. The molecule has 0 heterocycles. The number of allylic oxidation sites excluding steroid dienone is 8. The molecule has 0 heteroatoms. The molecular formula is C30H30. The standard InChI is InChI=1S/C30H30/c1-21-13-17-29(3,18-14-21)27-23-9-5-7-11-25(23)28(26-12-8-6-10-24(26)27)30(4)19-15-22(2)16-20-30/h5-17,19H,18,20H2,1-4H3. The molecule has 0 saturated carbocycles. The van der Waals surface area contributed by atoms with Gasteiger partial charge in [0.25, 0.3) is 0 Å². The molecule has 3 aromatic rings. The summed E-state index contributed by atoms with van der Waals surface area (Å²) in [5.41, 5.74) is 5.65. The van der Waals surface area contributed by atoms with Crippen molar-refractivity contribution < 1.29 is 0 Å². The van der Waals surface area contributed by atoms with Crippen LogP contribution in [-0.2, 0) is 10.8 Å². The number of rotatable bonds is 2. The van der Waals surface area contributed by atoms with Crippen molar-refractivity contribution in [3.05, 3.63) is 107 Å². The average molecular weight is 391 g/mol. The van der Waals surface area contributed by atoms with E-state index in [0.29, 0.717) is 0 Å². The second-order valence-electron chi connectivity index (χ2n) is 9.65. The predicted molar refractivity (Wildman–Crippen MR) is 131 cm³/mol. The van der Waals surface area contributed by atoms with E-state index in [9.17, 15) is 0 Å². The van der Waals surface area contributed by atoms with Gasteiger partial charge in [0, 0.05) is 10.8 Å². The highest BCUT2D eigenvalue weighted by Crippen LogP contribution is 2.48. The van der Waals surface area contributed by atoms with Crippen LogP contribution in [0.25, 0.3) is 21.5 Å². The fraction of sp³-hybridized carbons (Fsp3) is 0.267. The van der Waals surface area contributed by atoms with E-state index < -0.39 is 0 Å². The van der Waals surface area contributed by atoms with Crippen molar-refractivity contribution in [3.63, 3.8) is 0 Å². The van der Waals surface area contributed by atoms with Crippen molar-refractivity contribution in [1.82, 2.24) is 0 Å². The molecule has 0 N–H and O–H groups in total. The normalized spacial score (nSPS) is 26.1.